The van der Waals surface area contributed by atoms with Gasteiger partial charge in [-0.2, -0.15) is 0 Å². The van der Waals surface area contributed by atoms with Crippen LogP contribution < -0.4 is 0 Å². The normalized spacial score (nSPS) is 21.3. The Labute approximate surface area is 53.4 Å². The smallest absolute Gasteiger partial charge is 0.315 e. The van der Waals surface area contributed by atoms with E-state index in [1.807, 2.05) is 0 Å². The van der Waals surface area contributed by atoms with Gasteiger partial charge in [-0.05, 0) is 13.8 Å². The number of hydrogen-bond donors (Lipinski definition) is 0. The van der Waals surface area contributed by atoms with Gasteiger partial charge in [-0.1, -0.05) is 0 Å². The van der Waals surface area contributed by atoms with E-state index in [0.29, 0.717) is 5.57 Å². The molecule has 0 atom stereocenters. The van der Waals surface area contributed by atoms with Gasteiger partial charge in [0.2, 0.25) is 0 Å². The molecule has 0 aromatic carbocycles. The molecule has 1 fully saturated rings. The molecule has 0 aromatic rings. The lowest BCUT2D eigenvalue weighted by Gasteiger charge is -2.18. The molecule has 0 spiro atoms. The highest BCUT2D eigenvalue weighted by atomic mass is 32.3. The predicted molar refractivity (Wildman–Crippen MR) is 29.5 cm³/mol. The molecular weight excluding hydrogens is 144 g/mol. The first-order chi connectivity index (χ1) is 4.01. The van der Waals surface area contributed by atoms with Crippen molar-refractivity contribution in [3.8, 4) is 0 Å². The minimum atomic E-state index is -3.63. The van der Waals surface area contributed by atoms with E-state index in [-0.39, 0.29) is 5.95 Å². The lowest BCUT2D eigenvalue weighted by molar-refractivity contribution is 0.115. The first-order valence-corrected chi connectivity index (χ1v) is 3.66. The fourth-order valence-electron chi connectivity index (χ4n) is 0.358. The van der Waals surface area contributed by atoms with Gasteiger partial charge in [-0.3, -0.25) is 0 Å². The van der Waals surface area contributed by atoms with Gasteiger partial charge in [0.15, 0.2) is 0 Å². The molecule has 0 saturated carbocycles. The van der Waals surface area contributed by atoms with Crippen LogP contribution in [-0.4, -0.2) is 8.42 Å². The highest BCUT2D eigenvalue weighted by molar-refractivity contribution is 7.83. The van der Waals surface area contributed by atoms with Crippen LogP contribution in [0.15, 0.2) is 11.5 Å². The molecular formula is C4H6O4S. The van der Waals surface area contributed by atoms with Gasteiger partial charge in [0.05, 0.1) is 0 Å². The summed E-state index contributed by atoms with van der Waals surface area (Å²) in [5.41, 5.74) is 0.713. The summed E-state index contributed by atoms with van der Waals surface area (Å²) in [6.45, 7) is 3.40. The van der Waals surface area contributed by atoms with Crippen molar-refractivity contribution in [3.05, 3.63) is 11.5 Å². The Morgan fingerprint density at radius 3 is 1.89 bits per heavy atom. The Hall–Kier alpha value is -0.710. The van der Waals surface area contributed by atoms with Crippen molar-refractivity contribution in [2.45, 2.75) is 13.8 Å². The molecule has 1 aliphatic rings. The van der Waals surface area contributed by atoms with Crippen LogP contribution in [0.2, 0.25) is 0 Å². The maximum atomic E-state index is 10.1. The van der Waals surface area contributed by atoms with Crippen molar-refractivity contribution >= 4 is 10.4 Å². The fraction of sp³-hybridized carbons (Fsp3) is 0.500. The average molecular weight is 150 g/mol. The van der Waals surface area contributed by atoms with Crippen molar-refractivity contribution in [2.75, 3.05) is 0 Å². The molecule has 0 bridgehead atoms. The van der Waals surface area contributed by atoms with Crippen LogP contribution in [0.3, 0.4) is 0 Å². The Bertz CT molecular complexity index is 230. The quantitative estimate of drug-likeness (QED) is 0.505. The molecule has 1 saturated heterocycles. The van der Waals surface area contributed by atoms with Crippen molar-refractivity contribution in [1.82, 2.24) is 0 Å². The average Bonchev–Trinajstić information content (AvgIpc) is 1.59. The number of allylic oxidation sites excluding steroid dienone is 1. The van der Waals surface area contributed by atoms with Gasteiger partial charge in [0.25, 0.3) is 0 Å². The van der Waals surface area contributed by atoms with E-state index in [9.17, 15) is 8.42 Å². The molecule has 4 nitrogen and oxygen atoms in total. The Balaban J connectivity index is 2.76. The van der Waals surface area contributed by atoms with Gasteiger partial charge < -0.3 is 8.37 Å². The van der Waals surface area contributed by atoms with E-state index < -0.39 is 10.4 Å². The topological polar surface area (TPSA) is 52.6 Å². The fourth-order valence-corrected chi connectivity index (χ4v) is 1.07. The zero-order valence-corrected chi connectivity index (χ0v) is 5.86. The van der Waals surface area contributed by atoms with Gasteiger partial charge in [0, 0.05) is 5.57 Å². The summed E-state index contributed by atoms with van der Waals surface area (Å²) < 4.78 is 28.7. The van der Waals surface area contributed by atoms with Crippen LogP contribution in [0.4, 0.5) is 0 Å². The van der Waals surface area contributed by atoms with Crippen molar-refractivity contribution in [3.63, 3.8) is 0 Å². The lowest BCUT2D eigenvalue weighted by atomic mass is 10.4. The van der Waals surface area contributed by atoms with Gasteiger partial charge in [-0.15, -0.1) is 8.42 Å². The zero-order valence-electron chi connectivity index (χ0n) is 5.04. The van der Waals surface area contributed by atoms with Crippen LogP contribution in [0.1, 0.15) is 13.8 Å². The molecule has 0 unspecified atom stereocenters. The van der Waals surface area contributed by atoms with Gasteiger partial charge in [-0.25, -0.2) is 0 Å². The largest absolute Gasteiger partial charge is 0.506 e. The first kappa shape index (κ1) is 6.41. The number of hydrogen-bond acceptors (Lipinski definition) is 4. The summed E-state index contributed by atoms with van der Waals surface area (Å²) in [5, 5.41) is 0. The molecule has 52 valence electrons. The Morgan fingerprint density at radius 2 is 1.78 bits per heavy atom. The molecule has 0 aliphatic carbocycles. The molecule has 0 radical (unpaired) electrons. The summed E-state index contributed by atoms with van der Waals surface area (Å²) in [5.74, 6) is 0.0926. The minimum absolute atomic E-state index is 0.0926. The van der Waals surface area contributed by atoms with Crippen molar-refractivity contribution in [1.29, 1.82) is 0 Å². The van der Waals surface area contributed by atoms with E-state index in [0.717, 1.165) is 0 Å². The van der Waals surface area contributed by atoms with Crippen molar-refractivity contribution < 1.29 is 16.8 Å². The summed E-state index contributed by atoms with van der Waals surface area (Å²) in [4.78, 5) is 0. The van der Waals surface area contributed by atoms with E-state index in [1.54, 1.807) is 13.8 Å². The molecule has 1 rings (SSSR count). The predicted octanol–water partition coefficient (Wildman–Crippen LogP) is 0.529. The van der Waals surface area contributed by atoms with Crippen molar-refractivity contribution in [2.24, 2.45) is 0 Å². The standard InChI is InChI=1S/C4H6O4S/c1-3(2)4-7-9(5,6)8-4/h1-2H3. The second-order valence-corrected chi connectivity index (χ2v) is 3.01. The molecule has 0 N–H and O–H groups in total. The van der Waals surface area contributed by atoms with Crippen LogP contribution in [0, 0.1) is 0 Å². The third-order valence-electron chi connectivity index (χ3n) is 0.764. The van der Waals surface area contributed by atoms with Crippen LogP contribution in [0.5, 0.6) is 0 Å². The zero-order chi connectivity index (χ0) is 7.07. The maximum Gasteiger partial charge on any atom is 0.506 e. The van der Waals surface area contributed by atoms with E-state index in [2.05, 4.69) is 8.37 Å². The third-order valence-corrected chi connectivity index (χ3v) is 1.47. The Morgan fingerprint density at radius 1 is 1.33 bits per heavy atom. The van der Waals surface area contributed by atoms with Crippen LogP contribution in [0.25, 0.3) is 0 Å². The molecule has 1 aliphatic heterocycles. The monoisotopic (exact) mass is 150 g/mol. The summed E-state index contributed by atoms with van der Waals surface area (Å²) in [7, 11) is -3.63. The molecule has 1 heterocycles. The Kier molecular flexibility index (Phi) is 1.16. The third kappa shape index (κ3) is 1.16. The molecule has 9 heavy (non-hydrogen) atoms. The van der Waals surface area contributed by atoms with Gasteiger partial charge in [0.1, 0.15) is 0 Å². The van der Waals surface area contributed by atoms with E-state index in [1.165, 1.54) is 0 Å². The van der Waals surface area contributed by atoms with E-state index in [4.69, 9.17) is 0 Å². The molecule has 0 aromatic heterocycles. The highest BCUT2D eigenvalue weighted by Gasteiger charge is 2.32. The van der Waals surface area contributed by atoms with Gasteiger partial charge >= 0.3 is 16.3 Å². The summed E-state index contributed by atoms with van der Waals surface area (Å²) in [6, 6.07) is 0. The number of rotatable bonds is 0. The molecule has 0 amide bonds. The first-order valence-electron chi connectivity index (χ1n) is 2.32. The SMILES string of the molecule is CC(C)=C1OS(=O)(=O)O1. The van der Waals surface area contributed by atoms with E-state index >= 15 is 0 Å². The second kappa shape index (κ2) is 1.63. The summed E-state index contributed by atoms with van der Waals surface area (Å²) in [6.07, 6.45) is 0. The lowest BCUT2D eigenvalue weighted by Crippen LogP contribution is -2.22. The van der Waals surface area contributed by atoms with Crippen LogP contribution in [-0.2, 0) is 18.8 Å². The molecule has 5 heteroatoms. The minimum Gasteiger partial charge on any atom is -0.315 e. The second-order valence-electron chi connectivity index (χ2n) is 1.86. The highest BCUT2D eigenvalue weighted by Crippen LogP contribution is 2.24. The van der Waals surface area contributed by atoms with Crippen LogP contribution >= 0.6 is 0 Å². The summed E-state index contributed by atoms with van der Waals surface area (Å²) >= 11 is 0. The maximum absolute atomic E-state index is 10.1.